The summed E-state index contributed by atoms with van der Waals surface area (Å²) in [6.45, 7) is 0. The highest BCUT2D eigenvalue weighted by Crippen LogP contribution is 2.17. The Morgan fingerprint density at radius 3 is 2.50 bits per heavy atom. The second-order valence-electron chi connectivity index (χ2n) is 4.12. The third-order valence-corrected chi connectivity index (χ3v) is 2.95. The summed E-state index contributed by atoms with van der Waals surface area (Å²) in [6, 6.07) is 13.8. The van der Waals surface area contributed by atoms with Gasteiger partial charge in [-0.05, 0) is 12.1 Å². The summed E-state index contributed by atoms with van der Waals surface area (Å²) in [5.74, 6) is 0.748. The van der Waals surface area contributed by atoms with Gasteiger partial charge in [-0.3, -0.25) is 0 Å². The lowest BCUT2D eigenvalue weighted by molar-refractivity contribution is 1.37. The van der Waals surface area contributed by atoms with Gasteiger partial charge in [0.1, 0.15) is 6.34 Å². The first-order chi connectivity index (χ1) is 8.90. The maximum Gasteiger partial charge on any atom is 0.160 e. The third kappa shape index (κ3) is 1.32. The highest BCUT2D eigenvalue weighted by Gasteiger charge is 2.12. The summed E-state index contributed by atoms with van der Waals surface area (Å²) in [5.41, 5.74) is 2.75. The van der Waals surface area contributed by atoms with E-state index in [0.717, 1.165) is 33.5 Å². The Hall–Kier alpha value is -2.62. The molecule has 0 unspecified atom stereocenters. The van der Waals surface area contributed by atoms with Gasteiger partial charge in [0, 0.05) is 5.56 Å². The zero-order chi connectivity index (χ0) is 11.9. The van der Waals surface area contributed by atoms with Crippen LogP contribution in [0.1, 0.15) is 5.56 Å². The average molecular weight is 232 g/mol. The number of rotatable bonds is 1. The van der Waals surface area contributed by atoms with E-state index in [1.165, 1.54) is 0 Å². The number of aliphatic imine (C=N–C) groups is 2. The van der Waals surface area contributed by atoms with Crippen molar-refractivity contribution in [3.63, 3.8) is 0 Å². The van der Waals surface area contributed by atoms with Crippen molar-refractivity contribution in [1.29, 1.82) is 0 Å². The minimum Gasteiger partial charge on any atom is -0.235 e. The molecule has 0 fully saturated rings. The van der Waals surface area contributed by atoms with E-state index in [2.05, 4.69) is 20.0 Å². The normalized spacial score (nSPS) is 14.6. The van der Waals surface area contributed by atoms with Crippen LogP contribution in [0.2, 0.25) is 0 Å². The molecule has 2 aliphatic rings. The Balaban J connectivity index is 1.90. The molecule has 0 amide bonds. The van der Waals surface area contributed by atoms with Crippen LogP contribution in [-0.2, 0) is 0 Å². The topological polar surface area (TPSA) is 49.4 Å². The van der Waals surface area contributed by atoms with E-state index in [-0.39, 0.29) is 0 Å². The number of hydrogen-bond donors (Lipinski definition) is 0. The predicted octanol–water partition coefficient (Wildman–Crippen LogP) is 1.69. The second-order valence-corrected chi connectivity index (χ2v) is 4.12. The molecule has 2 aliphatic heterocycles. The minimum absolute atomic E-state index is 0.748. The molecule has 0 N–H and O–H groups in total. The zero-order valence-corrected chi connectivity index (χ0v) is 9.41. The molecule has 0 radical (unpaired) electrons. The van der Waals surface area contributed by atoms with E-state index in [1.54, 1.807) is 6.34 Å². The van der Waals surface area contributed by atoms with Crippen molar-refractivity contribution in [1.82, 2.24) is 0 Å². The molecule has 84 valence electrons. The van der Waals surface area contributed by atoms with Crippen molar-refractivity contribution in [2.75, 3.05) is 0 Å². The van der Waals surface area contributed by atoms with E-state index in [1.807, 2.05) is 42.5 Å². The van der Waals surface area contributed by atoms with Crippen molar-refractivity contribution in [2.24, 2.45) is 20.0 Å². The molecule has 0 bridgehead atoms. The van der Waals surface area contributed by atoms with Gasteiger partial charge in [0.05, 0.1) is 22.1 Å². The molecular formula is C14H8N4. The SMILES string of the molecule is C1=Nc2cc3c(cc2=N1)N=C(c1ccccc1)N=3. The van der Waals surface area contributed by atoms with E-state index < -0.39 is 0 Å². The molecule has 18 heavy (non-hydrogen) atoms. The molecule has 2 aromatic carbocycles. The van der Waals surface area contributed by atoms with Crippen LogP contribution in [0, 0.1) is 0 Å². The minimum atomic E-state index is 0.748. The smallest absolute Gasteiger partial charge is 0.160 e. The molecule has 0 aliphatic carbocycles. The number of amidine groups is 1. The maximum absolute atomic E-state index is 4.53. The number of hydrogen-bond acceptors (Lipinski definition) is 4. The molecular weight excluding hydrogens is 224 g/mol. The van der Waals surface area contributed by atoms with E-state index >= 15 is 0 Å². The standard InChI is InChI=1S/C14H8N4/c1-2-4-9(5-3-1)14-17-12-6-10-11(16-8-15-10)7-13(12)18-14/h1-8H. The van der Waals surface area contributed by atoms with Gasteiger partial charge in [-0.2, -0.15) is 0 Å². The fourth-order valence-electron chi connectivity index (χ4n) is 2.06. The van der Waals surface area contributed by atoms with Gasteiger partial charge in [0.2, 0.25) is 0 Å². The fourth-order valence-corrected chi connectivity index (χ4v) is 2.06. The van der Waals surface area contributed by atoms with Crippen LogP contribution in [-0.4, -0.2) is 12.2 Å². The largest absolute Gasteiger partial charge is 0.235 e. The Morgan fingerprint density at radius 1 is 0.778 bits per heavy atom. The molecule has 0 atom stereocenters. The Morgan fingerprint density at radius 2 is 1.61 bits per heavy atom. The average Bonchev–Trinajstić information content (AvgIpc) is 3.01. The summed E-state index contributed by atoms with van der Waals surface area (Å²) in [7, 11) is 0. The van der Waals surface area contributed by atoms with Crippen molar-refractivity contribution < 1.29 is 0 Å². The fraction of sp³-hybridized carbons (Fsp3) is 0. The first kappa shape index (κ1) is 9.41. The Labute approximate surface area is 103 Å². The summed E-state index contributed by atoms with van der Waals surface area (Å²) >= 11 is 0. The molecule has 0 saturated heterocycles. The molecule has 0 saturated carbocycles. The number of nitrogens with zero attached hydrogens (tertiary/aromatic N) is 4. The summed E-state index contributed by atoms with van der Waals surface area (Å²) in [4.78, 5) is 17.4. The van der Waals surface area contributed by atoms with Crippen molar-refractivity contribution in [3.8, 4) is 0 Å². The first-order valence-corrected chi connectivity index (χ1v) is 5.67. The highest BCUT2D eigenvalue weighted by atomic mass is 15.0. The van der Waals surface area contributed by atoms with Crippen molar-refractivity contribution in [3.05, 3.63) is 58.7 Å². The van der Waals surface area contributed by atoms with Crippen LogP contribution < -0.4 is 10.7 Å². The summed E-state index contributed by atoms with van der Waals surface area (Å²) in [5, 5.41) is 1.73. The lowest BCUT2D eigenvalue weighted by Gasteiger charge is -1.94. The highest BCUT2D eigenvalue weighted by molar-refractivity contribution is 6.02. The first-order valence-electron chi connectivity index (χ1n) is 5.67. The van der Waals surface area contributed by atoms with Crippen LogP contribution in [0.4, 0.5) is 11.4 Å². The predicted molar refractivity (Wildman–Crippen MR) is 69.5 cm³/mol. The lowest BCUT2D eigenvalue weighted by Crippen LogP contribution is -2.06. The quantitative estimate of drug-likeness (QED) is 0.718. The van der Waals surface area contributed by atoms with Crippen molar-refractivity contribution >= 4 is 23.5 Å². The maximum atomic E-state index is 4.53. The van der Waals surface area contributed by atoms with Gasteiger partial charge >= 0.3 is 0 Å². The van der Waals surface area contributed by atoms with Crippen molar-refractivity contribution in [2.45, 2.75) is 0 Å². The van der Waals surface area contributed by atoms with Gasteiger partial charge < -0.3 is 0 Å². The Kier molecular flexibility index (Phi) is 1.80. The van der Waals surface area contributed by atoms with Crippen LogP contribution in [0.3, 0.4) is 0 Å². The molecule has 4 nitrogen and oxygen atoms in total. The Bertz CT molecular complexity index is 817. The van der Waals surface area contributed by atoms with Crippen LogP contribution in [0.5, 0.6) is 0 Å². The molecule has 4 heteroatoms. The zero-order valence-electron chi connectivity index (χ0n) is 9.41. The third-order valence-electron chi connectivity index (χ3n) is 2.95. The molecule has 0 spiro atoms. The summed E-state index contributed by atoms with van der Waals surface area (Å²) < 4.78 is 0. The van der Waals surface area contributed by atoms with Crippen LogP contribution >= 0.6 is 0 Å². The van der Waals surface area contributed by atoms with Gasteiger partial charge in [-0.15, -0.1) is 0 Å². The molecule has 4 rings (SSSR count). The van der Waals surface area contributed by atoms with Crippen LogP contribution in [0.25, 0.3) is 0 Å². The lowest BCUT2D eigenvalue weighted by atomic mass is 10.2. The molecule has 2 heterocycles. The van der Waals surface area contributed by atoms with E-state index in [9.17, 15) is 0 Å². The monoisotopic (exact) mass is 232 g/mol. The van der Waals surface area contributed by atoms with E-state index in [0.29, 0.717) is 0 Å². The number of fused-ring (bicyclic) bond motifs is 2. The molecule has 2 aromatic rings. The van der Waals surface area contributed by atoms with E-state index in [4.69, 9.17) is 0 Å². The molecule has 0 aromatic heterocycles. The van der Waals surface area contributed by atoms with Gasteiger partial charge in [0.15, 0.2) is 5.84 Å². The van der Waals surface area contributed by atoms with Gasteiger partial charge in [0.25, 0.3) is 0 Å². The number of benzene rings is 2. The summed E-state index contributed by atoms with van der Waals surface area (Å²) in [6.07, 6.45) is 1.56. The van der Waals surface area contributed by atoms with Gasteiger partial charge in [-0.1, -0.05) is 30.3 Å². The van der Waals surface area contributed by atoms with Gasteiger partial charge in [-0.25, -0.2) is 20.0 Å². The van der Waals surface area contributed by atoms with Crippen LogP contribution in [0.15, 0.2) is 62.4 Å². The second kappa shape index (κ2) is 3.43.